The molecular weight excluding hydrogens is 750 g/mol. The van der Waals surface area contributed by atoms with Gasteiger partial charge in [-0.15, -0.1) is 23.4 Å². The zero-order chi connectivity index (χ0) is 42.6. The van der Waals surface area contributed by atoms with Crippen LogP contribution >= 0.6 is 0 Å². The third kappa shape index (κ3) is 6.59. The van der Waals surface area contributed by atoms with E-state index in [1.807, 2.05) is 11.6 Å². The Kier molecular flexibility index (Phi) is 10.1. The monoisotopic (exact) mass is 810 g/mol. The number of pyridine rings is 1. The van der Waals surface area contributed by atoms with E-state index in [0.29, 0.717) is 36.1 Å². The Bertz CT molecular complexity index is 2020. The molecule has 58 heavy (non-hydrogen) atoms. The predicted octanol–water partition coefficient (Wildman–Crippen LogP) is 9.71. The van der Waals surface area contributed by atoms with Gasteiger partial charge < -0.3 is 19.1 Å². The summed E-state index contributed by atoms with van der Waals surface area (Å²) in [6.45, 7) is 19.4. The SMILES string of the molecule is CC(C)C1=C2[C@H]3CC[C@@H]4[C@@]5(C)CC[C@H](OC(=O)CC(C)(C)C(=O)O)C(C)(C)[C@@H]5CC[C@@]4(C)[C@]3(C)CC[C@@]2(Cc2nnc(-c3ccc(OC(F)(F)F)nc3)n2C)CC1=O. The Morgan fingerprint density at radius 3 is 2.28 bits per heavy atom. The fraction of sp³-hybridized carbons (Fsp3) is 0.733. The fourth-order valence-corrected chi connectivity index (χ4v) is 13.5. The summed E-state index contributed by atoms with van der Waals surface area (Å²) < 4.78 is 50.3. The number of carboxylic acids is 1. The van der Waals surface area contributed by atoms with E-state index in [-0.39, 0.29) is 51.8 Å². The van der Waals surface area contributed by atoms with Gasteiger partial charge in [-0.3, -0.25) is 14.4 Å². The van der Waals surface area contributed by atoms with Gasteiger partial charge in [0.05, 0.1) is 11.8 Å². The van der Waals surface area contributed by atoms with Gasteiger partial charge in [0.15, 0.2) is 11.6 Å². The molecule has 2 aromatic rings. The second kappa shape index (κ2) is 13.9. The molecule has 2 heterocycles. The van der Waals surface area contributed by atoms with Crippen molar-refractivity contribution in [1.29, 1.82) is 0 Å². The lowest BCUT2D eigenvalue weighted by Crippen LogP contribution is -2.65. The van der Waals surface area contributed by atoms with E-state index in [0.717, 1.165) is 62.8 Å². The van der Waals surface area contributed by atoms with Crippen LogP contribution in [0, 0.1) is 56.2 Å². The maximum Gasteiger partial charge on any atom is 0.574 e. The molecule has 1 N–H and O–H groups in total. The van der Waals surface area contributed by atoms with Crippen molar-refractivity contribution in [2.75, 3.05) is 0 Å². The van der Waals surface area contributed by atoms with Crippen LogP contribution in [-0.4, -0.2) is 55.0 Å². The number of aromatic nitrogens is 4. The summed E-state index contributed by atoms with van der Waals surface area (Å²) in [5.74, 6) is 0.490. The number of esters is 1. The lowest BCUT2D eigenvalue weighted by atomic mass is 9.33. The van der Waals surface area contributed by atoms with E-state index in [1.54, 1.807) is 13.8 Å². The number of aliphatic carboxylic acids is 1. The molecule has 0 saturated heterocycles. The van der Waals surface area contributed by atoms with Crippen LogP contribution in [-0.2, 0) is 32.6 Å². The normalized spacial score (nSPS) is 34.6. The molecule has 5 aliphatic carbocycles. The van der Waals surface area contributed by atoms with Gasteiger partial charge in [-0.25, -0.2) is 4.98 Å². The van der Waals surface area contributed by atoms with E-state index in [4.69, 9.17) is 4.74 Å². The second-order valence-corrected chi connectivity index (χ2v) is 20.8. The van der Waals surface area contributed by atoms with Crippen LogP contribution in [0.1, 0.15) is 132 Å². The first-order valence-corrected chi connectivity index (χ1v) is 21.1. The van der Waals surface area contributed by atoms with Crippen molar-refractivity contribution in [2.45, 2.75) is 145 Å². The minimum absolute atomic E-state index is 0.00605. The number of allylic oxidation sites excluding steroid dienone is 2. The molecule has 5 aliphatic rings. The first-order chi connectivity index (χ1) is 26.8. The number of hydrogen-bond donors (Lipinski definition) is 1. The average molecular weight is 811 g/mol. The number of carbonyl (C=O) groups excluding carboxylic acids is 2. The molecule has 0 spiro atoms. The highest BCUT2D eigenvalue weighted by molar-refractivity contribution is 6.00. The Morgan fingerprint density at radius 2 is 1.66 bits per heavy atom. The molecule has 0 amide bonds. The fourth-order valence-electron chi connectivity index (χ4n) is 13.5. The van der Waals surface area contributed by atoms with Crippen LogP contribution in [0.5, 0.6) is 5.88 Å². The van der Waals surface area contributed by atoms with Gasteiger partial charge in [0, 0.05) is 48.5 Å². The summed E-state index contributed by atoms with van der Waals surface area (Å²) in [6.07, 6.45) is 4.60. The summed E-state index contributed by atoms with van der Waals surface area (Å²) in [4.78, 5) is 43.0. The maximum absolute atomic E-state index is 14.2. The van der Waals surface area contributed by atoms with Crippen LogP contribution in [0.3, 0.4) is 0 Å². The number of alkyl halides is 3. The van der Waals surface area contributed by atoms with Crippen molar-refractivity contribution < 1.29 is 42.1 Å². The number of ketones is 1. The van der Waals surface area contributed by atoms with Gasteiger partial charge in [0.25, 0.3) is 0 Å². The lowest BCUT2D eigenvalue weighted by molar-refractivity contribution is -0.276. The summed E-state index contributed by atoms with van der Waals surface area (Å²) in [5.41, 5.74) is 0.916. The van der Waals surface area contributed by atoms with Gasteiger partial charge in [-0.05, 0) is 117 Å². The number of carboxylic acid groups (broad SMARTS) is 1. The predicted molar refractivity (Wildman–Crippen MR) is 210 cm³/mol. The second-order valence-electron chi connectivity index (χ2n) is 20.8. The Morgan fingerprint density at radius 1 is 0.948 bits per heavy atom. The standard InChI is InChI=1S/C45H61F3N4O6/c1-25(2)35-28(53)21-44(22-32-50-51-37(52(32)10)26-11-14-33(49-24-26)58-45(46,47)48)20-19-42(8)27(36(35)44)12-13-30-41(7)17-16-31(57-34(54)23-39(3,4)38(55)56)40(5,6)29(41)15-18-43(30,42)9/h11,14,24-25,27,29-31H,12-13,15-23H2,1-10H3,(H,55,56)/t27-,29+,30-,31+,41+,42-,43-,44+/m1/s1. The van der Waals surface area contributed by atoms with Crippen LogP contribution in [0.15, 0.2) is 29.5 Å². The highest BCUT2D eigenvalue weighted by atomic mass is 19.4. The first-order valence-electron chi connectivity index (χ1n) is 21.1. The third-order valence-corrected chi connectivity index (χ3v) is 16.6. The molecule has 8 atom stereocenters. The van der Waals surface area contributed by atoms with Gasteiger partial charge in [-0.2, -0.15) is 0 Å². The molecule has 2 aromatic heterocycles. The van der Waals surface area contributed by atoms with Gasteiger partial charge in [0.1, 0.15) is 11.9 Å². The Hall–Kier alpha value is -3.77. The zero-order valence-corrected chi connectivity index (χ0v) is 35.8. The van der Waals surface area contributed by atoms with Crippen molar-refractivity contribution in [1.82, 2.24) is 19.7 Å². The quantitative estimate of drug-likeness (QED) is 0.246. The van der Waals surface area contributed by atoms with Crippen molar-refractivity contribution in [3.8, 4) is 17.3 Å². The Labute approximate surface area is 340 Å². The number of ether oxygens (including phenoxy) is 2. The highest BCUT2D eigenvalue weighted by Crippen LogP contribution is 2.77. The van der Waals surface area contributed by atoms with Crippen LogP contribution in [0.2, 0.25) is 0 Å². The molecule has 7 rings (SSSR count). The third-order valence-electron chi connectivity index (χ3n) is 16.6. The molecule has 10 nitrogen and oxygen atoms in total. The largest absolute Gasteiger partial charge is 0.574 e. The first kappa shape index (κ1) is 42.4. The molecule has 0 radical (unpaired) electrons. The molecule has 318 valence electrons. The summed E-state index contributed by atoms with van der Waals surface area (Å²) >= 11 is 0. The minimum atomic E-state index is -4.84. The molecular formula is C45H61F3N4O6. The van der Waals surface area contributed by atoms with Crippen LogP contribution < -0.4 is 4.74 Å². The van der Waals surface area contributed by atoms with E-state index in [9.17, 15) is 32.7 Å². The molecule has 4 saturated carbocycles. The molecule has 13 heteroatoms. The molecule has 0 aliphatic heterocycles. The number of halogens is 3. The Balaban J connectivity index is 1.16. The van der Waals surface area contributed by atoms with Crippen LogP contribution in [0.4, 0.5) is 13.2 Å². The summed E-state index contributed by atoms with van der Waals surface area (Å²) in [6, 6.07) is 2.66. The molecule has 0 unspecified atom stereocenters. The van der Waals surface area contributed by atoms with Crippen molar-refractivity contribution in [3.05, 3.63) is 35.3 Å². The van der Waals surface area contributed by atoms with E-state index in [2.05, 4.69) is 68.4 Å². The number of Topliss-reactive ketones (excluding diaryl/α,β-unsaturated/α-hetero) is 1. The van der Waals surface area contributed by atoms with Gasteiger partial charge in [-0.1, -0.05) is 54.0 Å². The topological polar surface area (TPSA) is 134 Å². The summed E-state index contributed by atoms with van der Waals surface area (Å²) in [7, 11) is 1.86. The summed E-state index contributed by atoms with van der Waals surface area (Å²) in [5, 5.41) is 18.7. The smallest absolute Gasteiger partial charge is 0.481 e. The lowest BCUT2D eigenvalue weighted by Gasteiger charge is -2.72. The number of rotatable bonds is 9. The van der Waals surface area contributed by atoms with Gasteiger partial charge >= 0.3 is 18.3 Å². The molecule has 4 fully saturated rings. The van der Waals surface area contributed by atoms with E-state index >= 15 is 0 Å². The maximum atomic E-state index is 14.2. The number of fused-ring (bicyclic) bond motifs is 7. The zero-order valence-electron chi connectivity index (χ0n) is 35.8. The van der Waals surface area contributed by atoms with Crippen molar-refractivity contribution in [2.24, 2.45) is 63.2 Å². The van der Waals surface area contributed by atoms with Crippen molar-refractivity contribution >= 4 is 17.7 Å². The molecule has 0 bridgehead atoms. The number of nitrogens with zero attached hydrogens (tertiary/aromatic N) is 4. The highest BCUT2D eigenvalue weighted by Gasteiger charge is 2.70. The van der Waals surface area contributed by atoms with Crippen LogP contribution in [0.25, 0.3) is 11.4 Å². The van der Waals surface area contributed by atoms with E-state index in [1.165, 1.54) is 23.9 Å². The molecule has 0 aromatic carbocycles. The minimum Gasteiger partial charge on any atom is -0.481 e. The average Bonchev–Trinajstić information content (AvgIpc) is 3.61. The van der Waals surface area contributed by atoms with E-state index < -0.39 is 35.0 Å². The van der Waals surface area contributed by atoms with Crippen molar-refractivity contribution in [3.63, 3.8) is 0 Å². The number of hydrogen-bond acceptors (Lipinski definition) is 8. The number of carbonyl (C=O) groups is 3. The van der Waals surface area contributed by atoms with Gasteiger partial charge in [0.2, 0.25) is 5.88 Å².